The molecule has 0 atom stereocenters. The predicted molar refractivity (Wildman–Crippen MR) is 73.8 cm³/mol. The van der Waals surface area contributed by atoms with Crippen LogP contribution in [0, 0.1) is 3.57 Å². The van der Waals surface area contributed by atoms with Gasteiger partial charge in [0, 0.05) is 13.8 Å². The van der Waals surface area contributed by atoms with Gasteiger partial charge >= 0.3 is 0 Å². The van der Waals surface area contributed by atoms with E-state index in [0.29, 0.717) is 0 Å². The molecular formula is C12H16IOSi. The van der Waals surface area contributed by atoms with Gasteiger partial charge in [-0.1, -0.05) is 6.04 Å². The summed E-state index contributed by atoms with van der Waals surface area (Å²) in [6, 6.07) is 7.26. The van der Waals surface area contributed by atoms with Crippen LogP contribution in [0.3, 0.4) is 0 Å². The first kappa shape index (κ1) is 13.0. The lowest BCUT2D eigenvalue weighted by atomic mass is 10.1. The Kier molecular flexibility index (Phi) is 4.64. The van der Waals surface area contributed by atoms with E-state index < -0.39 is 0 Å². The van der Waals surface area contributed by atoms with Crippen LogP contribution in [-0.4, -0.2) is 15.8 Å². The van der Waals surface area contributed by atoms with Gasteiger partial charge in [-0.2, -0.15) is 0 Å². The average molecular weight is 331 g/mol. The maximum atomic E-state index is 5.82. The minimum atomic E-state index is -0.127. The first-order valence-corrected chi connectivity index (χ1v) is 6.83. The molecule has 0 saturated heterocycles. The highest BCUT2D eigenvalue weighted by molar-refractivity contribution is 14.1. The van der Waals surface area contributed by atoms with Gasteiger partial charge in [-0.05, 0) is 73.5 Å². The molecule has 0 amide bonds. The van der Waals surface area contributed by atoms with Gasteiger partial charge in [-0.3, -0.25) is 0 Å². The highest BCUT2D eigenvalue weighted by atomic mass is 127. The largest absolute Gasteiger partial charge is 0.488 e. The Morgan fingerprint density at radius 2 is 2.00 bits per heavy atom. The van der Waals surface area contributed by atoms with Crippen molar-refractivity contribution >= 4 is 32.8 Å². The van der Waals surface area contributed by atoms with E-state index in [-0.39, 0.29) is 5.60 Å². The predicted octanol–water partition coefficient (Wildman–Crippen LogP) is 3.60. The monoisotopic (exact) mass is 331 g/mol. The fourth-order valence-electron chi connectivity index (χ4n) is 1.29. The normalized spacial score (nSPS) is 11.5. The first-order chi connectivity index (χ1) is 6.92. The standard InChI is InChI=1S/C12H16IOSi/c1-12(2,3)14-10-4-5-11(13)9(8-10)6-7-15/h4-5,8H,6-7H2,1-3H3. The summed E-state index contributed by atoms with van der Waals surface area (Å²) in [6.45, 7) is 6.19. The lowest BCUT2D eigenvalue weighted by Crippen LogP contribution is -2.23. The summed E-state index contributed by atoms with van der Waals surface area (Å²) >= 11 is 2.36. The Labute approximate surface area is 109 Å². The molecule has 0 saturated carbocycles. The summed E-state index contributed by atoms with van der Waals surface area (Å²) in [4.78, 5) is 0. The molecule has 0 heterocycles. The summed E-state index contributed by atoms with van der Waals surface area (Å²) in [5.74, 6) is 0.957. The molecule has 0 aliphatic heterocycles. The first-order valence-electron chi connectivity index (χ1n) is 5.04. The van der Waals surface area contributed by atoms with Crippen molar-refractivity contribution in [3.8, 4) is 5.75 Å². The second-order valence-corrected chi connectivity index (χ2v) is 6.13. The smallest absolute Gasteiger partial charge is 0.120 e. The van der Waals surface area contributed by atoms with Crippen LogP contribution in [0.5, 0.6) is 5.75 Å². The highest BCUT2D eigenvalue weighted by Crippen LogP contribution is 2.23. The zero-order valence-electron chi connectivity index (χ0n) is 9.43. The lowest BCUT2D eigenvalue weighted by molar-refractivity contribution is 0.131. The van der Waals surface area contributed by atoms with Crippen molar-refractivity contribution in [2.75, 3.05) is 0 Å². The van der Waals surface area contributed by atoms with Crippen molar-refractivity contribution in [3.63, 3.8) is 0 Å². The quantitative estimate of drug-likeness (QED) is 0.607. The number of ether oxygens (including phenoxy) is 1. The fraction of sp³-hybridized carbons (Fsp3) is 0.500. The molecule has 0 aliphatic rings. The van der Waals surface area contributed by atoms with E-state index in [9.17, 15) is 0 Å². The molecule has 81 valence electrons. The molecule has 0 aromatic heterocycles. The molecule has 0 aliphatic carbocycles. The van der Waals surface area contributed by atoms with Crippen molar-refractivity contribution in [1.82, 2.24) is 0 Å². The molecular weight excluding hydrogens is 315 g/mol. The van der Waals surface area contributed by atoms with Crippen LogP contribution in [0.1, 0.15) is 26.3 Å². The summed E-state index contributed by atoms with van der Waals surface area (Å²) < 4.78 is 7.12. The topological polar surface area (TPSA) is 9.23 Å². The molecule has 15 heavy (non-hydrogen) atoms. The number of benzene rings is 1. The van der Waals surface area contributed by atoms with E-state index in [1.54, 1.807) is 0 Å². The molecule has 3 heteroatoms. The van der Waals surface area contributed by atoms with Gasteiger partial charge in [0.1, 0.15) is 11.4 Å². The Morgan fingerprint density at radius 3 is 2.53 bits per heavy atom. The summed E-state index contributed by atoms with van der Waals surface area (Å²) in [5.41, 5.74) is 1.21. The SMILES string of the molecule is CC(C)(C)Oc1ccc(I)c(CC[Si])c1. The molecule has 0 fully saturated rings. The van der Waals surface area contributed by atoms with E-state index in [2.05, 4.69) is 65.7 Å². The third kappa shape index (κ3) is 4.55. The van der Waals surface area contributed by atoms with Crippen LogP contribution in [0.4, 0.5) is 0 Å². The van der Waals surface area contributed by atoms with Gasteiger partial charge in [0.2, 0.25) is 0 Å². The maximum Gasteiger partial charge on any atom is 0.120 e. The van der Waals surface area contributed by atoms with Crippen LogP contribution >= 0.6 is 22.6 Å². The van der Waals surface area contributed by atoms with Crippen LogP contribution in [-0.2, 0) is 6.42 Å². The Balaban J connectivity index is 2.87. The number of hydrogen-bond acceptors (Lipinski definition) is 1. The van der Waals surface area contributed by atoms with Crippen molar-refractivity contribution in [1.29, 1.82) is 0 Å². The average Bonchev–Trinajstić information content (AvgIpc) is 2.09. The molecule has 0 spiro atoms. The molecule has 0 unspecified atom stereocenters. The lowest BCUT2D eigenvalue weighted by Gasteiger charge is -2.21. The summed E-state index contributed by atoms with van der Waals surface area (Å²) in [5, 5.41) is 0. The van der Waals surface area contributed by atoms with E-state index >= 15 is 0 Å². The van der Waals surface area contributed by atoms with Gasteiger partial charge < -0.3 is 4.74 Å². The minimum Gasteiger partial charge on any atom is -0.488 e. The molecule has 0 N–H and O–H groups in total. The van der Waals surface area contributed by atoms with E-state index in [4.69, 9.17) is 4.74 Å². The summed E-state index contributed by atoms with van der Waals surface area (Å²) in [7, 11) is 3.51. The Bertz CT molecular complexity index is 331. The van der Waals surface area contributed by atoms with Crippen LogP contribution in [0.15, 0.2) is 18.2 Å². The van der Waals surface area contributed by atoms with Crippen molar-refractivity contribution in [3.05, 3.63) is 27.3 Å². The van der Waals surface area contributed by atoms with Crippen molar-refractivity contribution < 1.29 is 4.74 Å². The van der Waals surface area contributed by atoms with Gasteiger partial charge in [0.25, 0.3) is 0 Å². The molecule has 1 aromatic rings. The van der Waals surface area contributed by atoms with Gasteiger partial charge in [-0.25, -0.2) is 0 Å². The van der Waals surface area contributed by atoms with Crippen LogP contribution in [0.25, 0.3) is 0 Å². The second-order valence-electron chi connectivity index (χ2n) is 4.47. The number of hydrogen-bond donors (Lipinski definition) is 0. The van der Waals surface area contributed by atoms with Crippen LogP contribution < -0.4 is 4.74 Å². The van der Waals surface area contributed by atoms with E-state index in [1.165, 1.54) is 9.13 Å². The Morgan fingerprint density at radius 1 is 1.33 bits per heavy atom. The number of halogens is 1. The van der Waals surface area contributed by atoms with Gasteiger partial charge in [0.15, 0.2) is 0 Å². The second kappa shape index (κ2) is 5.34. The van der Waals surface area contributed by atoms with Gasteiger partial charge in [-0.15, -0.1) is 0 Å². The zero-order valence-corrected chi connectivity index (χ0v) is 12.6. The van der Waals surface area contributed by atoms with Crippen molar-refractivity contribution in [2.45, 2.75) is 38.8 Å². The minimum absolute atomic E-state index is 0.127. The van der Waals surface area contributed by atoms with E-state index in [1.807, 2.05) is 6.07 Å². The molecule has 3 radical (unpaired) electrons. The van der Waals surface area contributed by atoms with E-state index in [0.717, 1.165) is 18.2 Å². The fourth-order valence-corrected chi connectivity index (χ4v) is 2.17. The zero-order chi connectivity index (χ0) is 11.5. The molecule has 0 bridgehead atoms. The third-order valence-electron chi connectivity index (χ3n) is 1.84. The Hall–Kier alpha value is -0.0331. The molecule has 1 aromatic carbocycles. The van der Waals surface area contributed by atoms with Crippen molar-refractivity contribution in [2.24, 2.45) is 0 Å². The summed E-state index contributed by atoms with van der Waals surface area (Å²) in [6.07, 6.45) is 1.04. The number of aryl methyl sites for hydroxylation is 1. The maximum absolute atomic E-state index is 5.82. The highest BCUT2D eigenvalue weighted by Gasteiger charge is 2.12. The molecule has 1 nitrogen and oxygen atoms in total. The van der Waals surface area contributed by atoms with Crippen LogP contribution in [0.2, 0.25) is 6.04 Å². The van der Waals surface area contributed by atoms with Gasteiger partial charge in [0.05, 0.1) is 0 Å². The third-order valence-corrected chi connectivity index (χ3v) is 3.14. The number of rotatable bonds is 3. The molecule has 1 rings (SSSR count).